The van der Waals surface area contributed by atoms with Crippen LogP contribution in [0.3, 0.4) is 0 Å². The quantitative estimate of drug-likeness (QED) is 0.774. The largest absolute Gasteiger partial charge is 0.354 e. The normalized spacial score (nSPS) is 19.6. The Morgan fingerprint density at radius 2 is 2.05 bits per heavy atom. The molecule has 2 heterocycles. The number of hydrazone groups is 1. The lowest BCUT2D eigenvalue weighted by Crippen LogP contribution is -2.48. The third-order valence-electron chi connectivity index (χ3n) is 3.52. The molecule has 20 heavy (non-hydrogen) atoms. The fourth-order valence-electron chi connectivity index (χ4n) is 2.35. The van der Waals surface area contributed by atoms with Crippen LogP contribution in [0.5, 0.6) is 0 Å². The van der Waals surface area contributed by atoms with E-state index in [9.17, 15) is 4.79 Å². The van der Waals surface area contributed by atoms with E-state index in [0.29, 0.717) is 12.2 Å². The summed E-state index contributed by atoms with van der Waals surface area (Å²) in [5, 5.41) is 9.38. The van der Waals surface area contributed by atoms with E-state index in [1.807, 2.05) is 20.8 Å². The molecule has 0 unspecified atom stereocenters. The first-order valence-electron chi connectivity index (χ1n) is 7.03. The summed E-state index contributed by atoms with van der Waals surface area (Å²) in [4.78, 5) is 16.2. The van der Waals surface area contributed by atoms with Crippen LogP contribution in [0.25, 0.3) is 0 Å². The monoisotopic (exact) mass is 277 g/mol. The van der Waals surface area contributed by atoms with Gasteiger partial charge in [0, 0.05) is 32.7 Å². The van der Waals surface area contributed by atoms with Crippen LogP contribution < -0.4 is 5.32 Å². The average Bonchev–Trinajstić information content (AvgIpc) is 2.46. The van der Waals surface area contributed by atoms with Crippen molar-refractivity contribution < 1.29 is 4.79 Å². The second-order valence-electron chi connectivity index (χ2n) is 5.14. The molecule has 0 bridgehead atoms. The van der Waals surface area contributed by atoms with E-state index >= 15 is 0 Å². The first-order chi connectivity index (χ1) is 9.56. The minimum Gasteiger partial charge on any atom is -0.354 e. The Morgan fingerprint density at radius 1 is 1.40 bits per heavy atom. The van der Waals surface area contributed by atoms with Gasteiger partial charge in [0.2, 0.25) is 0 Å². The molecule has 0 atom stereocenters. The summed E-state index contributed by atoms with van der Waals surface area (Å²) in [5.74, 6) is 0.752. The molecule has 6 nitrogen and oxygen atoms in total. The lowest BCUT2D eigenvalue weighted by atomic mass is 10.2. The molecular formula is C14H23N5O. The molecule has 0 aromatic rings. The molecule has 0 saturated carbocycles. The van der Waals surface area contributed by atoms with Gasteiger partial charge in [0.1, 0.15) is 17.9 Å². The number of nitrogens with one attached hydrogen (secondary N) is 1. The zero-order valence-electron chi connectivity index (χ0n) is 12.5. The number of allylic oxidation sites excluding steroid dienone is 1. The zero-order chi connectivity index (χ0) is 14.7. The molecule has 0 aromatic heterocycles. The van der Waals surface area contributed by atoms with Crippen LogP contribution in [-0.2, 0) is 4.79 Å². The highest BCUT2D eigenvalue weighted by Gasteiger charge is 2.30. The number of hydrogen-bond acceptors (Lipinski definition) is 5. The van der Waals surface area contributed by atoms with Crippen molar-refractivity contribution >= 4 is 12.2 Å². The Hall–Kier alpha value is -1.82. The topological polar surface area (TPSA) is 51.2 Å². The molecule has 110 valence electrons. The van der Waals surface area contributed by atoms with Crippen molar-refractivity contribution in [2.24, 2.45) is 5.10 Å². The molecule has 1 amide bonds. The van der Waals surface area contributed by atoms with E-state index in [2.05, 4.69) is 21.9 Å². The predicted octanol–water partition coefficient (Wildman–Crippen LogP) is 0.764. The Morgan fingerprint density at radius 3 is 2.60 bits per heavy atom. The minimum absolute atomic E-state index is 0.0150. The maximum Gasteiger partial charge on any atom is 0.277 e. The van der Waals surface area contributed by atoms with Crippen LogP contribution in [0.15, 0.2) is 28.8 Å². The van der Waals surface area contributed by atoms with Crippen molar-refractivity contribution in [3.05, 3.63) is 23.7 Å². The first kappa shape index (κ1) is 14.6. The average molecular weight is 277 g/mol. The van der Waals surface area contributed by atoms with E-state index in [1.165, 1.54) is 0 Å². The fraction of sp³-hybridized carbons (Fsp3) is 0.571. The van der Waals surface area contributed by atoms with Crippen molar-refractivity contribution in [1.29, 1.82) is 0 Å². The number of carbonyl (C=O) groups is 1. The number of carbonyl (C=O) groups excluding carboxylic acids is 1. The van der Waals surface area contributed by atoms with Gasteiger partial charge in [-0.1, -0.05) is 6.58 Å². The molecule has 0 aliphatic carbocycles. The molecule has 0 spiro atoms. The number of amides is 1. The van der Waals surface area contributed by atoms with Crippen LogP contribution in [0.1, 0.15) is 20.8 Å². The highest BCUT2D eigenvalue weighted by atomic mass is 16.2. The number of piperazine rings is 1. The minimum atomic E-state index is -0.0150. The SMILES string of the molecule is C=C(N1CCNCC1)N1N=CN(CC)C(=O)C1=C(C)C. The van der Waals surface area contributed by atoms with Crippen LogP contribution in [0, 0.1) is 0 Å². The van der Waals surface area contributed by atoms with Gasteiger partial charge < -0.3 is 10.2 Å². The van der Waals surface area contributed by atoms with Crippen molar-refractivity contribution in [2.45, 2.75) is 20.8 Å². The van der Waals surface area contributed by atoms with E-state index in [0.717, 1.165) is 37.6 Å². The molecule has 2 rings (SSSR count). The van der Waals surface area contributed by atoms with Gasteiger partial charge in [-0.2, -0.15) is 5.10 Å². The molecule has 6 heteroatoms. The third kappa shape index (κ3) is 2.70. The van der Waals surface area contributed by atoms with Crippen LogP contribution in [0.4, 0.5) is 0 Å². The summed E-state index contributed by atoms with van der Waals surface area (Å²) >= 11 is 0. The highest BCUT2D eigenvalue weighted by Crippen LogP contribution is 2.23. The lowest BCUT2D eigenvalue weighted by molar-refractivity contribution is -0.125. The van der Waals surface area contributed by atoms with Crippen molar-refractivity contribution in [2.75, 3.05) is 32.7 Å². The second-order valence-corrected chi connectivity index (χ2v) is 5.14. The Bertz CT molecular complexity index is 458. The molecule has 2 aliphatic heterocycles. The van der Waals surface area contributed by atoms with Crippen molar-refractivity contribution in [1.82, 2.24) is 20.1 Å². The smallest absolute Gasteiger partial charge is 0.277 e. The van der Waals surface area contributed by atoms with Crippen LogP contribution >= 0.6 is 0 Å². The molecule has 1 fully saturated rings. The van der Waals surface area contributed by atoms with E-state index < -0.39 is 0 Å². The number of nitrogens with zero attached hydrogens (tertiary/aromatic N) is 4. The standard InChI is InChI=1S/C14H23N5O/c1-5-17-10-16-19(13(11(2)3)14(17)20)12(4)18-8-6-15-7-9-18/h10,15H,4-9H2,1-3H3. The highest BCUT2D eigenvalue weighted by molar-refractivity contribution is 6.01. The fourth-order valence-corrected chi connectivity index (χ4v) is 2.35. The first-order valence-corrected chi connectivity index (χ1v) is 7.03. The van der Waals surface area contributed by atoms with Gasteiger partial charge in [0.15, 0.2) is 0 Å². The third-order valence-corrected chi connectivity index (χ3v) is 3.52. The van der Waals surface area contributed by atoms with Gasteiger partial charge in [-0.3, -0.25) is 9.69 Å². The zero-order valence-corrected chi connectivity index (χ0v) is 12.5. The van der Waals surface area contributed by atoms with Gasteiger partial charge in [-0.05, 0) is 26.3 Å². The van der Waals surface area contributed by atoms with Gasteiger partial charge >= 0.3 is 0 Å². The van der Waals surface area contributed by atoms with Crippen molar-refractivity contribution in [3.8, 4) is 0 Å². The van der Waals surface area contributed by atoms with Gasteiger partial charge in [-0.15, -0.1) is 0 Å². The van der Waals surface area contributed by atoms with Gasteiger partial charge in [0.25, 0.3) is 5.91 Å². The molecule has 1 saturated heterocycles. The predicted molar refractivity (Wildman–Crippen MR) is 79.7 cm³/mol. The van der Waals surface area contributed by atoms with Crippen molar-refractivity contribution in [3.63, 3.8) is 0 Å². The Balaban J connectivity index is 2.27. The summed E-state index contributed by atoms with van der Waals surface area (Å²) in [5.41, 5.74) is 1.56. The van der Waals surface area contributed by atoms with Gasteiger partial charge in [-0.25, -0.2) is 5.01 Å². The molecular weight excluding hydrogens is 254 g/mol. The number of hydrogen-bond donors (Lipinski definition) is 1. The summed E-state index contributed by atoms with van der Waals surface area (Å²) in [6.45, 7) is 14.2. The maximum absolute atomic E-state index is 12.5. The van der Waals surface area contributed by atoms with E-state index in [1.54, 1.807) is 16.2 Å². The van der Waals surface area contributed by atoms with Crippen LogP contribution in [0.2, 0.25) is 0 Å². The Labute approximate surface area is 120 Å². The maximum atomic E-state index is 12.5. The number of likely N-dealkylation sites (N-methyl/N-ethyl adjacent to an activating group) is 1. The van der Waals surface area contributed by atoms with E-state index in [4.69, 9.17) is 0 Å². The molecule has 1 N–H and O–H groups in total. The molecule has 2 aliphatic rings. The molecule has 0 aromatic carbocycles. The summed E-state index contributed by atoms with van der Waals surface area (Å²) in [6.07, 6.45) is 1.59. The summed E-state index contributed by atoms with van der Waals surface area (Å²) in [7, 11) is 0. The number of rotatable bonds is 3. The summed E-state index contributed by atoms with van der Waals surface area (Å²) in [6, 6.07) is 0. The Kier molecular flexibility index (Phi) is 4.44. The van der Waals surface area contributed by atoms with E-state index in [-0.39, 0.29) is 5.91 Å². The lowest BCUT2D eigenvalue weighted by Gasteiger charge is -2.38. The van der Waals surface area contributed by atoms with Gasteiger partial charge in [0.05, 0.1) is 0 Å². The van der Waals surface area contributed by atoms with Crippen LogP contribution in [-0.4, -0.2) is 59.8 Å². The molecule has 0 radical (unpaired) electrons. The second kappa shape index (κ2) is 6.09. The summed E-state index contributed by atoms with van der Waals surface area (Å²) < 4.78 is 0.